The van der Waals surface area contributed by atoms with Crippen molar-refractivity contribution < 1.29 is 19.4 Å². The minimum absolute atomic E-state index is 0.103. The summed E-state index contributed by atoms with van der Waals surface area (Å²) in [7, 11) is 1.59. The van der Waals surface area contributed by atoms with Crippen molar-refractivity contribution in [1.29, 1.82) is 0 Å². The summed E-state index contributed by atoms with van der Waals surface area (Å²) < 4.78 is 5.07. The van der Waals surface area contributed by atoms with Crippen LogP contribution in [0.4, 0.5) is 0 Å². The number of hydrogen-bond acceptors (Lipinski definition) is 4. The van der Waals surface area contributed by atoms with Crippen LogP contribution in [0.15, 0.2) is 35.0 Å². The maximum Gasteiger partial charge on any atom is 0.305 e. The molecule has 0 unspecified atom stereocenters. The van der Waals surface area contributed by atoms with Gasteiger partial charge in [-0.05, 0) is 30.7 Å². The predicted octanol–water partition coefficient (Wildman–Crippen LogP) is 1.77. The van der Waals surface area contributed by atoms with Crippen LogP contribution in [0.2, 0.25) is 0 Å². The van der Waals surface area contributed by atoms with Crippen LogP contribution in [0.1, 0.15) is 18.9 Å². The van der Waals surface area contributed by atoms with E-state index in [4.69, 9.17) is 9.84 Å². The molecule has 6 heteroatoms. The Balaban J connectivity index is 2.15. The van der Waals surface area contributed by atoms with Crippen molar-refractivity contribution in [3.05, 3.63) is 35.5 Å². The maximum absolute atomic E-state index is 12.2. The lowest BCUT2D eigenvalue weighted by atomic mass is 10.2. The van der Waals surface area contributed by atoms with Crippen molar-refractivity contribution in [1.82, 2.24) is 4.90 Å². The number of carbonyl (C=O) groups is 2. The molecule has 1 aromatic carbocycles. The summed E-state index contributed by atoms with van der Waals surface area (Å²) in [6.45, 7) is 1.82. The van der Waals surface area contributed by atoms with Gasteiger partial charge in [0, 0.05) is 6.54 Å². The molecule has 1 aliphatic heterocycles. The van der Waals surface area contributed by atoms with E-state index in [1.54, 1.807) is 32.2 Å². The Bertz CT molecular complexity index is 617. The monoisotopic (exact) mass is 288 g/mol. The van der Waals surface area contributed by atoms with Crippen molar-refractivity contribution in [3.63, 3.8) is 0 Å². The minimum Gasteiger partial charge on any atom is -0.497 e. The third-order valence-electron chi connectivity index (χ3n) is 3.11. The molecule has 0 saturated heterocycles. The lowest BCUT2D eigenvalue weighted by Gasteiger charge is -2.13. The van der Waals surface area contributed by atoms with Crippen LogP contribution in [0.3, 0.4) is 0 Å². The number of carboxylic acids is 1. The third-order valence-corrected chi connectivity index (χ3v) is 3.11. The second-order valence-electron chi connectivity index (χ2n) is 4.56. The Morgan fingerprint density at radius 2 is 2.05 bits per heavy atom. The highest BCUT2D eigenvalue weighted by Crippen LogP contribution is 2.20. The molecular formula is C15H16N2O4. The number of nitrogens with zero attached hydrogens (tertiary/aromatic N) is 2. The van der Waals surface area contributed by atoms with Crippen LogP contribution in [0.25, 0.3) is 6.08 Å². The van der Waals surface area contributed by atoms with Crippen LogP contribution < -0.4 is 4.74 Å². The Labute approximate surface area is 122 Å². The molecule has 1 aliphatic rings. The number of ether oxygens (including phenoxy) is 1. The lowest BCUT2D eigenvalue weighted by molar-refractivity contribution is -0.137. The Morgan fingerprint density at radius 3 is 2.62 bits per heavy atom. The summed E-state index contributed by atoms with van der Waals surface area (Å²) in [6.07, 6.45) is 1.57. The number of aliphatic imine (C=N–C) groups is 1. The molecule has 1 N–H and O–H groups in total. The first-order valence-electron chi connectivity index (χ1n) is 6.46. The van der Waals surface area contributed by atoms with Crippen LogP contribution in [-0.4, -0.2) is 41.4 Å². The van der Waals surface area contributed by atoms with E-state index >= 15 is 0 Å². The first-order chi connectivity index (χ1) is 10.0. The lowest BCUT2D eigenvalue weighted by Crippen LogP contribution is -2.32. The summed E-state index contributed by atoms with van der Waals surface area (Å²) in [5.41, 5.74) is 1.14. The molecule has 0 atom stereocenters. The predicted molar refractivity (Wildman–Crippen MR) is 78.0 cm³/mol. The van der Waals surface area contributed by atoms with Crippen molar-refractivity contribution in [3.8, 4) is 5.75 Å². The van der Waals surface area contributed by atoms with Gasteiger partial charge in [-0.1, -0.05) is 12.1 Å². The zero-order valence-corrected chi connectivity index (χ0v) is 11.9. The van der Waals surface area contributed by atoms with Crippen molar-refractivity contribution in [2.75, 3.05) is 13.7 Å². The molecular weight excluding hydrogens is 272 g/mol. The number of hydrogen-bond donors (Lipinski definition) is 1. The van der Waals surface area contributed by atoms with Gasteiger partial charge < -0.3 is 9.84 Å². The van der Waals surface area contributed by atoms with Crippen molar-refractivity contribution in [2.45, 2.75) is 13.3 Å². The van der Waals surface area contributed by atoms with Crippen LogP contribution in [0.5, 0.6) is 5.75 Å². The number of carbonyl (C=O) groups excluding carboxylic acids is 1. The molecule has 21 heavy (non-hydrogen) atoms. The standard InChI is InChI=1S/C15H16N2O4/c1-10-16-13(15(20)17(10)8-7-14(18)19)9-11-3-5-12(21-2)6-4-11/h3-6,9H,7-8H2,1-2H3,(H,18,19)/b13-9+. The van der Waals surface area contributed by atoms with E-state index in [2.05, 4.69) is 4.99 Å². The van der Waals surface area contributed by atoms with Gasteiger partial charge in [-0.3, -0.25) is 14.5 Å². The highest BCUT2D eigenvalue weighted by atomic mass is 16.5. The molecule has 1 amide bonds. The van der Waals surface area contributed by atoms with Crippen molar-refractivity contribution >= 4 is 23.8 Å². The largest absolute Gasteiger partial charge is 0.497 e. The van der Waals surface area contributed by atoms with Gasteiger partial charge in [-0.25, -0.2) is 4.99 Å². The Hall–Kier alpha value is -2.63. The van der Waals surface area contributed by atoms with Gasteiger partial charge in [0.25, 0.3) is 5.91 Å². The zero-order valence-electron chi connectivity index (χ0n) is 11.9. The molecule has 6 nitrogen and oxygen atoms in total. The Morgan fingerprint density at radius 1 is 1.38 bits per heavy atom. The zero-order chi connectivity index (χ0) is 15.4. The first kappa shape index (κ1) is 14.8. The van der Waals surface area contributed by atoms with Gasteiger partial charge in [0.2, 0.25) is 0 Å². The van der Waals surface area contributed by atoms with Crippen LogP contribution in [-0.2, 0) is 9.59 Å². The third kappa shape index (κ3) is 3.47. The number of aliphatic carboxylic acids is 1. The van der Waals surface area contributed by atoms with E-state index in [9.17, 15) is 9.59 Å². The molecule has 0 saturated carbocycles. The quantitative estimate of drug-likeness (QED) is 0.837. The molecule has 110 valence electrons. The molecule has 0 bridgehead atoms. The van der Waals surface area contributed by atoms with Crippen LogP contribution in [0, 0.1) is 0 Å². The highest BCUT2D eigenvalue weighted by Gasteiger charge is 2.27. The Kier molecular flexibility index (Phi) is 4.37. The van der Waals surface area contributed by atoms with Gasteiger partial charge in [-0.2, -0.15) is 0 Å². The number of carboxylic acid groups (broad SMARTS) is 1. The van der Waals surface area contributed by atoms with E-state index in [0.29, 0.717) is 11.5 Å². The fraction of sp³-hybridized carbons (Fsp3) is 0.267. The molecule has 2 rings (SSSR count). The SMILES string of the molecule is COc1ccc(/C=C2/N=C(C)N(CCC(=O)O)C2=O)cc1. The second kappa shape index (κ2) is 6.21. The van der Waals surface area contributed by atoms with Gasteiger partial charge >= 0.3 is 5.97 Å². The van der Waals surface area contributed by atoms with E-state index < -0.39 is 5.97 Å². The summed E-state index contributed by atoms with van der Waals surface area (Å²) in [4.78, 5) is 28.4. The summed E-state index contributed by atoms with van der Waals surface area (Å²) in [6, 6.07) is 7.24. The smallest absolute Gasteiger partial charge is 0.305 e. The van der Waals surface area contributed by atoms with Crippen LogP contribution >= 0.6 is 0 Å². The number of amidine groups is 1. The molecule has 0 radical (unpaired) electrons. The van der Waals surface area contributed by atoms with Gasteiger partial charge in [0.1, 0.15) is 17.3 Å². The van der Waals surface area contributed by atoms with E-state index in [0.717, 1.165) is 11.3 Å². The molecule has 1 aromatic rings. The van der Waals surface area contributed by atoms with Gasteiger partial charge in [-0.15, -0.1) is 0 Å². The fourth-order valence-electron chi connectivity index (χ4n) is 1.99. The minimum atomic E-state index is -0.941. The summed E-state index contributed by atoms with van der Waals surface area (Å²) >= 11 is 0. The molecule has 0 fully saturated rings. The van der Waals surface area contributed by atoms with Crippen molar-refractivity contribution in [2.24, 2.45) is 4.99 Å². The van der Waals surface area contributed by atoms with Gasteiger partial charge in [0.05, 0.1) is 13.5 Å². The first-order valence-corrected chi connectivity index (χ1v) is 6.46. The number of rotatable bonds is 5. The highest BCUT2D eigenvalue weighted by molar-refractivity contribution is 6.13. The summed E-state index contributed by atoms with van der Waals surface area (Å²) in [5, 5.41) is 8.69. The molecule has 1 heterocycles. The second-order valence-corrected chi connectivity index (χ2v) is 4.56. The van der Waals surface area contributed by atoms with E-state index in [1.165, 1.54) is 4.90 Å². The number of amides is 1. The van der Waals surface area contributed by atoms with E-state index in [-0.39, 0.29) is 18.9 Å². The summed E-state index contributed by atoms with van der Waals surface area (Å²) in [5.74, 6) is 0.0337. The number of benzene rings is 1. The molecule has 0 spiro atoms. The van der Waals surface area contributed by atoms with Gasteiger partial charge in [0.15, 0.2) is 0 Å². The average Bonchev–Trinajstić information content (AvgIpc) is 2.72. The number of methoxy groups -OCH3 is 1. The normalized spacial score (nSPS) is 16.3. The molecule has 0 aromatic heterocycles. The maximum atomic E-state index is 12.2. The topological polar surface area (TPSA) is 79.2 Å². The molecule has 0 aliphatic carbocycles. The fourth-order valence-corrected chi connectivity index (χ4v) is 1.99. The van der Waals surface area contributed by atoms with E-state index in [1.807, 2.05) is 12.1 Å². The average molecular weight is 288 g/mol.